The number of aliphatic hydroxyl groups excluding tert-OH is 1. The molecule has 4 rings (SSSR count). The Hall–Kier alpha value is -2.61. The maximum Gasteiger partial charge on any atom is 0.314 e. The van der Waals surface area contributed by atoms with Gasteiger partial charge in [-0.3, -0.25) is 0 Å². The number of likely N-dealkylation sites (tertiary alicyclic amines) is 1. The van der Waals surface area contributed by atoms with Crippen LogP contribution in [0.2, 0.25) is 5.02 Å². The Bertz CT molecular complexity index is 1120. The molecule has 1 aliphatic rings. The first-order chi connectivity index (χ1) is 18.9. The first-order valence-electron chi connectivity index (χ1n) is 13.9. The summed E-state index contributed by atoms with van der Waals surface area (Å²) >= 11 is 6.04. The molecular weight excluding hydrogens is 545 g/mol. The first-order valence-corrected chi connectivity index (χ1v) is 14.3. The molecule has 0 bridgehead atoms. The SMILES string of the molecule is Cl.O=C(NCCCO)NCC(CCCN1CCC(O)(c2ccc(Cl)cc2)CC1)(c1ccccc1)c1ccccc1. The number of carbonyl (C=O) groups excluding carboxylic acids is 1. The van der Waals surface area contributed by atoms with Gasteiger partial charge < -0.3 is 25.7 Å². The lowest BCUT2D eigenvalue weighted by Gasteiger charge is -2.40. The molecule has 1 fully saturated rings. The van der Waals surface area contributed by atoms with E-state index in [-0.39, 0.29) is 25.0 Å². The van der Waals surface area contributed by atoms with Gasteiger partial charge in [0.05, 0.1) is 5.60 Å². The Morgan fingerprint density at radius 1 is 0.875 bits per heavy atom. The van der Waals surface area contributed by atoms with E-state index in [4.69, 9.17) is 16.7 Å². The summed E-state index contributed by atoms with van der Waals surface area (Å²) in [6, 6.07) is 28.1. The van der Waals surface area contributed by atoms with E-state index in [1.807, 2.05) is 36.4 Å². The maximum absolute atomic E-state index is 12.6. The third-order valence-corrected chi connectivity index (χ3v) is 8.22. The highest BCUT2D eigenvalue weighted by Gasteiger charge is 2.36. The molecule has 0 atom stereocenters. The van der Waals surface area contributed by atoms with Crippen LogP contribution in [0.3, 0.4) is 0 Å². The average molecular weight is 587 g/mol. The summed E-state index contributed by atoms with van der Waals surface area (Å²) in [6.07, 6.45) is 3.70. The molecule has 1 aliphatic heterocycles. The predicted molar refractivity (Wildman–Crippen MR) is 164 cm³/mol. The van der Waals surface area contributed by atoms with Crippen LogP contribution in [0, 0.1) is 0 Å². The monoisotopic (exact) mass is 585 g/mol. The number of urea groups is 1. The second-order valence-electron chi connectivity index (χ2n) is 10.5. The molecule has 0 spiro atoms. The molecule has 40 heavy (non-hydrogen) atoms. The molecule has 0 aromatic heterocycles. The van der Waals surface area contributed by atoms with E-state index in [0.717, 1.165) is 38.0 Å². The lowest BCUT2D eigenvalue weighted by atomic mass is 9.71. The third kappa shape index (κ3) is 8.21. The van der Waals surface area contributed by atoms with Gasteiger partial charge in [0, 0.05) is 43.2 Å². The molecule has 0 saturated carbocycles. The standard InChI is InChI=1S/C32H40ClN3O3.ClH/c33-29-15-13-28(14-16-29)32(39)18-22-36(23-19-32)21-7-17-31(26-9-3-1-4-10-26,27-11-5-2-6-12-27)25-35-30(38)34-20-8-24-37;/h1-6,9-16,37,39H,7-8,17-25H2,(H2,34,35,38);1H. The molecular formula is C32H41Cl2N3O3. The van der Waals surface area contributed by atoms with Gasteiger partial charge in [0.1, 0.15) is 0 Å². The molecule has 2 amide bonds. The number of benzene rings is 3. The second-order valence-corrected chi connectivity index (χ2v) is 10.9. The number of nitrogens with zero attached hydrogens (tertiary/aromatic N) is 1. The lowest BCUT2D eigenvalue weighted by Crippen LogP contribution is -2.46. The predicted octanol–water partition coefficient (Wildman–Crippen LogP) is 5.49. The average Bonchev–Trinajstić information content (AvgIpc) is 2.97. The molecule has 0 aliphatic carbocycles. The summed E-state index contributed by atoms with van der Waals surface area (Å²) in [5.74, 6) is 0. The first kappa shape index (κ1) is 31.9. The van der Waals surface area contributed by atoms with Crippen molar-refractivity contribution in [1.29, 1.82) is 0 Å². The second kappa shape index (κ2) is 15.4. The molecule has 216 valence electrons. The maximum atomic E-state index is 12.6. The molecule has 1 saturated heterocycles. The summed E-state index contributed by atoms with van der Waals surface area (Å²) in [5, 5.41) is 26.9. The Morgan fingerprint density at radius 2 is 1.45 bits per heavy atom. The summed E-state index contributed by atoms with van der Waals surface area (Å²) in [4.78, 5) is 15.0. The number of rotatable bonds is 12. The van der Waals surface area contributed by atoms with Crippen molar-refractivity contribution in [3.63, 3.8) is 0 Å². The van der Waals surface area contributed by atoms with Crippen molar-refractivity contribution < 1.29 is 15.0 Å². The van der Waals surface area contributed by atoms with Crippen LogP contribution in [0.25, 0.3) is 0 Å². The van der Waals surface area contributed by atoms with E-state index in [1.54, 1.807) is 0 Å². The van der Waals surface area contributed by atoms with Gasteiger partial charge in [0.15, 0.2) is 0 Å². The minimum atomic E-state index is -0.813. The Balaban J connectivity index is 0.00000441. The van der Waals surface area contributed by atoms with E-state index in [1.165, 1.54) is 11.1 Å². The molecule has 3 aromatic carbocycles. The Labute approximate surface area is 249 Å². The van der Waals surface area contributed by atoms with Crippen LogP contribution < -0.4 is 10.6 Å². The van der Waals surface area contributed by atoms with Crippen molar-refractivity contribution in [3.8, 4) is 0 Å². The van der Waals surface area contributed by atoms with E-state index >= 15 is 0 Å². The van der Waals surface area contributed by atoms with Crippen molar-refractivity contribution in [1.82, 2.24) is 15.5 Å². The summed E-state index contributed by atoms with van der Waals surface area (Å²) < 4.78 is 0. The molecule has 4 N–H and O–H groups in total. The van der Waals surface area contributed by atoms with Crippen LogP contribution in [0.5, 0.6) is 0 Å². The Morgan fingerprint density at radius 3 is 2.00 bits per heavy atom. The third-order valence-electron chi connectivity index (χ3n) is 7.97. The van der Waals surface area contributed by atoms with Gasteiger partial charge in [0.25, 0.3) is 0 Å². The highest BCUT2D eigenvalue weighted by Crippen LogP contribution is 2.38. The topological polar surface area (TPSA) is 84.8 Å². The number of halogens is 2. The highest BCUT2D eigenvalue weighted by molar-refractivity contribution is 6.30. The number of carbonyl (C=O) groups is 1. The fourth-order valence-corrected chi connectivity index (χ4v) is 5.76. The van der Waals surface area contributed by atoms with Crippen molar-refractivity contribution >= 4 is 30.0 Å². The van der Waals surface area contributed by atoms with E-state index < -0.39 is 11.0 Å². The summed E-state index contributed by atoms with van der Waals surface area (Å²) in [5.41, 5.74) is 2.07. The van der Waals surface area contributed by atoms with Crippen molar-refractivity contribution in [2.75, 3.05) is 39.3 Å². The molecule has 1 heterocycles. The van der Waals surface area contributed by atoms with Crippen LogP contribution in [-0.2, 0) is 11.0 Å². The van der Waals surface area contributed by atoms with Gasteiger partial charge in [-0.15, -0.1) is 12.4 Å². The molecule has 0 radical (unpaired) electrons. The van der Waals surface area contributed by atoms with Crippen LogP contribution in [0.4, 0.5) is 4.79 Å². The van der Waals surface area contributed by atoms with Gasteiger partial charge in [-0.25, -0.2) is 4.79 Å². The lowest BCUT2D eigenvalue weighted by molar-refractivity contribution is -0.0262. The van der Waals surface area contributed by atoms with Gasteiger partial charge in [0.2, 0.25) is 0 Å². The minimum Gasteiger partial charge on any atom is -0.396 e. The van der Waals surface area contributed by atoms with Gasteiger partial charge in [-0.05, 0) is 67.5 Å². The number of amides is 2. The largest absolute Gasteiger partial charge is 0.396 e. The quantitative estimate of drug-likeness (QED) is 0.212. The molecule has 8 heteroatoms. The van der Waals surface area contributed by atoms with Gasteiger partial charge in [-0.2, -0.15) is 0 Å². The molecule has 0 unspecified atom stereocenters. The number of nitrogens with one attached hydrogen (secondary N) is 2. The zero-order chi connectivity index (χ0) is 27.6. The van der Waals surface area contributed by atoms with Crippen LogP contribution in [-0.4, -0.2) is 60.5 Å². The fraction of sp³-hybridized carbons (Fsp3) is 0.406. The normalized spacial score (nSPS) is 15.2. The number of hydrogen-bond donors (Lipinski definition) is 4. The van der Waals surface area contributed by atoms with Crippen LogP contribution >= 0.6 is 24.0 Å². The van der Waals surface area contributed by atoms with E-state index in [0.29, 0.717) is 37.4 Å². The summed E-state index contributed by atoms with van der Waals surface area (Å²) in [7, 11) is 0. The minimum absolute atomic E-state index is 0. The van der Waals surface area contributed by atoms with Crippen molar-refractivity contribution in [2.24, 2.45) is 0 Å². The zero-order valence-corrected chi connectivity index (χ0v) is 24.5. The van der Waals surface area contributed by atoms with E-state index in [9.17, 15) is 9.90 Å². The van der Waals surface area contributed by atoms with Gasteiger partial charge in [-0.1, -0.05) is 84.4 Å². The number of aliphatic hydroxyl groups is 2. The molecule has 6 nitrogen and oxygen atoms in total. The Kier molecular flexibility index (Phi) is 12.3. The fourth-order valence-electron chi connectivity index (χ4n) is 5.64. The van der Waals surface area contributed by atoms with Crippen molar-refractivity contribution in [3.05, 3.63) is 107 Å². The van der Waals surface area contributed by atoms with Crippen LogP contribution in [0.15, 0.2) is 84.9 Å². The highest BCUT2D eigenvalue weighted by atomic mass is 35.5. The number of piperidine rings is 1. The van der Waals surface area contributed by atoms with Gasteiger partial charge >= 0.3 is 6.03 Å². The summed E-state index contributed by atoms with van der Waals surface area (Å²) in [6.45, 7) is 3.51. The zero-order valence-electron chi connectivity index (χ0n) is 22.9. The molecule has 3 aromatic rings. The number of hydrogen-bond acceptors (Lipinski definition) is 4. The van der Waals surface area contributed by atoms with E-state index in [2.05, 4.69) is 64.1 Å². The van der Waals surface area contributed by atoms with Crippen LogP contribution in [0.1, 0.15) is 48.8 Å². The smallest absolute Gasteiger partial charge is 0.314 e. The van der Waals surface area contributed by atoms with Crippen molar-refractivity contribution in [2.45, 2.75) is 43.1 Å².